The molecule has 2 aliphatic rings. The number of anilines is 1. The van der Waals surface area contributed by atoms with Gasteiger partial charge in [0.25, 0.3) is 5.91 Å². The summed E-state index contributed by atoms with van der Waals surface area (Å²) < 4.78 is 0. The molecular formula is C17H22N2O3. The van der Waals surface area contributed by atoms with Gasteiger partial charge in [-0.15, -0.1) is 0 Å². The van der Waals surface area contributed by atoms with Gasteiger partial charge < -0.3 is 14.9 Å². The fourth-order valence-corrected chi connectivity index (χ4v) is 3.44. The Balaban J connectivity index is 1.83. The molecule has 1 N–H and O–H groups in total. The van der Waals surface area contributed by atoms with Crippen LogP contribution in [0.5, 0.6) is 0 Å². The molecule has 2 aliphatic heterocycles. The van der Waals surface area contributed by atoms with E-state index in [1.165, 1.54) is 0 Å². The number of likely N-dealkylation sites (tertiary alicyclic amines) is 1. The van der Waals surface area contributed by atoms with Gasteiger partial charge in [-0.2, -0.15) is 0 Å². The fourth-order valence-electron chi connectivity index (χ4n) is 3.44. The minimum atomic E-state index is -0.0566. The lowest BCUT2D eigenvalue weighted by Gasteiger charge is -2.23. The number of hydrogen-bond acceptors (Lipinski definition) is 3. The van der Waals surface area contributed by atoms with Crippen molar-refractivity contribution in [3.8, 4) is 0 Å². The third-order valence-electron chi connectivity index (χ3n) is 4.67. The number of nitrogens with zero attached hydrogens (tertiary/aromatic N) is 2. The van der Waals surface area contributed by atoms with E-state index < -0.39 is 0 Å². The number of benzene rings is 1. The second-order valence-corrected chi connectivity index (χ2v) is 5.97. The normalized spacial score (nSPS) is 20.4. The van der Waals surface area contributed by atoms with E-state index in [-0.39, 0.29) is 24.5 Å². The molecule has 5 heteroatoms. The number of rotatable bonds is 3. The van der Waals surface area contributed by atoms with Crippen LogP contribution in [0.15, 0.2) is 18.2 Å². The first-order valence-corrected chi connectivity index (χ1v) is 8.00. The minimum absolute atomic E-state index is 0.0142. The molecule has 1 saturated heterocycles. The van der Waals surface area contributed by atoms with E-state index in [0.717, 1.165) is 30.5 Å². The molecule has 0 aromatic heterocycles. The second-order valence-electron chi connectivity index (χ2n) is 5.97. The quantitative estimate of drug-likeness (QED) is 0.922. The van der Waals surface area contributed by atoms with Crippen LogP contribution in [0.2, 0.25) is 0 Å². The van der Waals surface area contributed by atoms with Gasteiger partial charge in [-0.05, 0) is 43.0 Å². The van der Waals surface area contributed by atoms with E-state index in [0.29, 0.717) is 25.1 Å². The molecule has 2 amide bonds. The molecule has 1 fully saturated rings. The number of carbonyl (C=O) groups excluding carboxylic acids is 2. The Hall–Kier alpha value is -1.88. The molecule has 5 nitrogen and oxygen atoms in total. The number of aliphatic hydroxyl groups is 1. The van der Waals surface area contributed by atoms with Crippen molar-refractivity contribution in [1.29, 1.82) is 0 Å². The maximum atomic E-state index is 12.6. The van der Waals surface area contributed by atoms with Crippen LogP contribution >= 0.6 is 0 Å². The molecule has 0 aliphatic carbocycles. The van der Waals surface area contributed by atoms with E-state index in [1.807, 2.05) is 19.1 Å². The summed E-state index contributed by atoms with van der Waals surface area (Å²) >= 11 is 0. The van der Waals surface area contributed by atoms with E-state index in [2.05, 4.69) is 0 Å². The van der Waals surface area contributed by atoms with E-state index in [9.17, 15) is 14.7 Å². The summed E-state index contributed by atoms with van der Waals surface area (Å²) in [4.78, 5) is 28.1. The first-order chi connectivity index (χ1) is 10.7. The molecule has 1 aromatic rings. The van der Waals surface area contributed by atoms with Gasteiger partial charge in [0, 0.05) is 30.8 Å². The molecule has 2 heterocycles. The lowest BCUT2D eigenvalue weighted by molar-refractivity contribution is -0.118. The number of amides is 2. The predicted octanol–water partition coefficient (Wildman–Crippen LogP) is 1.58. The van der Waals surface area contributed by atoms with E-state index in [4.69, 9.17) is 0 Å². The number of aliphatic hydroxyl groups excluding tert-OH is 1. The fraction of sp³-hybridized carbons (Fsp3) is 0.529. The SMILES string of the molecule is CCC(=O)N1CCc2cc(C(=O)N3CCC[C@@H]3CO)ccc21. The lowest BCUT2D eigenvalue weighted by atomic mass is 10.1. The molecule has 1 aromatic carbocycles. The van der Waals surface area contributed by atoms with Crippen molar-refractivity contribution in [3.63, 3.8) is 0 Å². The van der Waals surface area contributed by atoms with Crippen molar-refractivity contribution in [2.75, 3.05) is 24.6 Å². The van der Waals surface area contributed by atoms with Crippen LogP contribution in [0.1, 0.15) is 42.1 Å². The molecule has 1 atom stereocenters. The summed E-state index contributed by atoms with van der Waals surface area (Å²) in [5.41, 5.74) is 2.65. The molecule has 118 valence electrons. The molecule has 0 saturated carbocycles. The topological polar surface area (TPSA) is 60.9 Å². The van der Waals surface area contributed by atoms with Gasteiger partial charge >= 0.3 is 0 Å². The highest BCUT2D eigenvalue weighted by atomic mass is 16.3. The zero-order valence-corrected chi connectivity index (χ0v) is 12.9. The zero-order valence-electron chi connectivity index (χ0n) is 12.9. The molecule has 3 rings (SSSR count). The summed E-state index contributed by atoms with van der Waals surface area (Å²) in [6, 6.07) is 5.54. The van der Waals surface area contributed by atoms with Crippen LogP contribution in [0.3, 0.4) is 0 Å². The average molecular weight is 302 g/mol. The highest BCUT2D eigenvalue weighted by molar-refractivity contribution is 5.98. The summed E-state index contributed by atoms with van der Waals surface area (Å²) in [6.07, 6.45) is 3.10. The van der Waals surface area contributed by atoms with E-state index >= 15 is 0 Å². The third kappa shape index (κ3) is 2.50. The van der Waals surface area contributed by atoms with Gasteiger partial charge in [-0.1, -0.05) is 6.92 Å². The van der Waals surface area contributed by atoms with E-state index in [1.54, 1.807) is 15.9 Å². The van der Waals surface area contributed by atoms with Gasteiger partial charge in [0.15, 0.2) is 0 Å². The average Bonchev–Trinajstić information content (AvgIpc) is 3.19. The van der Waals surface area contributed by atoms with Crippen LogP contribution in [-0.4, -0.2) is 47.6 Å². The number of hydrogen-bond donors (Lipinski definition) is 1. The van der Waals surface area contributed by atoms with Crippen molar-refractivity contribution in [3.05, 3.63) is 29.3 Å². The number of carbonyl (C=O) groups is 2. The van der Waals surface area contributed by atoms with Gasteiger partial charge in [0.1, 0.15) is 0 Å². The Morgan fingerprint density at radius 3 is 2.86 bits per heavy atom. The maximum absolute atomic E-state index is 12.6. The monoisotopic (exact) mass is 302 g/mol. The highest BCUT2D eigenvalue weighted by Gasteiger charge is 2.30. The van der Waals surface area contributed by atoms with Crippen molar-refractivity contribution in [2.45, 2.75) is 38.6 Å². The molecule has 0 spiro atoms. The smallest absolute Gasteiger partial charge is 0.254 e. The van der Waals surface area contributed by atoms with Gasteiger partial charge in [0.2, 0.25) is 5.91 Å². The first kappa shape index (κ1) is 15.0. The van der Waals surface area contributed by atoms with Crippen LogP contribution in [-0.2, 0) is 11.2 Å². The third-order valence-corrected chi connectivity index (χ3v) is 4.67. The van der Waals surface area contributed by atoms with Gasteiger partial charge in [0.05, 0.1) is 12.6 Å². The van der Waals surface area contributed by atoms with Crippen LogP contribution < -0.4 is 4.90 Å². The zero-order chi connectivity index (χ0) is 15.7. The Bertz CT molecular complexity index is 600. The Morgan fingerprint density at radius 1 is 1.32 bits per heavy atom. The van der Waals surface area contributed by atoms with Crippen LogP contribution in [0.4, 0.5) is 5.69 Å². The largest absolute Gasteiger partial charge is 0.394 e. The summed E-state index contributed by atoms with van der Waals surface area (Å²) in [7, 11) is 0. The summed E-state index contributed by atoms with van der Waals surface area (Å²) in [5.74, 6) is 0.109. The molecule has 22 heavy (non-hydrogen) atoms. The highest BCUT2D eigenvalue weighted by Crippen LogP contribution is 2.30. The first-order valence-electron chi connectivity index (χ1n) is 8.00. The summed E-state index contributed by atoms with van der Waals surface area (Å²) in [6.45, 7) is 3.29. The van der Waals surface area contributed by atoms with Crippen molar-refractivity contribution < 1.29 is 14.7 Å². The number of fused-ring (bicyclic) bond motifs is 1. The minimum Gasteiger partial charge on any atom is -0.394 e. The Kier molecular flexibility index (Phi) is 4.16. The second kappa shape index (κ2) is 6.08. The van der Waals surface area contributed by atoms with Crippen molar-refractivity contribution >= 4 is 17.5 Å². The van der Waals surface area contributed by atoms with Crippen molar-refractivity contribution in [2.24, 2.45) is 0 Å². The lowest BCUT2D eigenvalue weighted by Crippen LogP contribution is -2.37. The standard InChI is InChI=1S/C17H22N2O3/c1-2-16(21)19-9-7-12-10-13(5-6-15(12)19)17(22)18-8-3-4-14(18)11-20/h5-6,10,14,20H,2-4,7-9,11H2,1H3/t14-/m1/s1. The molecular weight excluding hydrogens is 280 g/mol. The predicted molar refractivity (Wildman–Crippen MR) is 83.9 cm³/mol. The molecule has 0 bridgehead atoms. The molecule has 0 unspecified atom stereocenters. The molecule has 0 radical (unpaired) electrons. The summed E-state index contributed by atoms with van der Waals surface area (Å²) in [5, 5.41) is 9.37. The van der Waals surface area contributed by atoms with Crippen LogP contribution in [0, 0.1) is 0 Å². The van der Waals surface area contributed by atoms with Crippen LogP contribution in [0.25, 0.3) is 0 Å². The maximum Gasteiger partial charge on any atom is 0.254 e. The van der Waals surface area contributed by atoms with Gasteiger partial charge in [-0.25, -0.2) is 0 Å². The van der Waals surface area contributed by atoms with Crippen molar-refractivity contribution in [1.82, 2.24) is 4.90 Å². The Morgan fingerprint density at radius 2 is 2.14 bits per heavy atom. The van der Waals surface area contributed by atoms with Gasteiger partial charge in [-0.3, -0.25) is 9.59 Å². The Labute approximate surface area is 130 Å².